The molecule has 1 aliphatic heterocycles. The van der Waals surface area contributed by atoms with E-state index in [-0.39, 0.29) is 30.0 Å². The van der Waals surface area contributed by atoms with E-state index in [0.717, 1.165) is 11.1 Å². The zero-order chi connectivity index (χ0) is 21.3. The number of aryl methyl sites for hydroxylation is 1. The van der Waals surface area contributed by atoms with Gasteiger partial charge in [0, 0.05) is 22.2 Å². The van der Waals surface area contributed by atoms with E-state index in [1.165, 1.54) is 0 Å². The number of hydrogen-bond acceptors (Lipinski definition) is 4. The first kappa shape index (κ1) is 20.7. The molecule has 1 aliphatic rings. The highest BCUT2D eigenvalue weighted by Gasteiger charge is 2.35. The Morgan fingerprint density at radius 3 is 2.57 bits per heavy atom. The number of halogens is 1. The molecule has 2 aromatic carbocycles. The third kappa shape index (κ3) is 4.60. The summed E-state index contributed by atoms with van der Waals surface area (Å²) in [5.41, 5.74) is 2.43. The number of amides is 1. The van der Waals surface area contributed by atoms with Crippen LogP contribution in [0.4, 0.5) is 0 Å². The molecule has 7 heteroatoms. The standard InChI is InChI=1S/C23H22ClNO4S/c1-16-5-7-17(8-6-16)23(26)25(20-11-12-30(27,28)15-20)14-21-9-10-22(29-21)18-3-2-4-19(24)13-18/h2-10,13,20H,11-12,14-15H2,1H3/t20-/m0/s1. The molecule has 0 spiro atoms. The van der Waals surface area contributed by atoms with Crippen LogP contribution in [0.3, 0.4) is 0 Å². The molecule has 2 heterocycles. The number of benzene rings is 2. The highest BCUT2D eigenvalue weighted by molar-refractivity contribution is 7.91. The van der Waals surface area contributed by atoms with Crippen LogP contribution in [0.2, 0.25) is 5.02 Å². The van der Waals surface area contributed by atoms with Gasteiger partial charge >= 0.3 is 0 Å². The predicted molar refractivity (Wildman–Crippen MR) is 117 cm³/mol. The zero-order valence-corrected chi connectivity index (χ0v) is 18.1. The SMILES string of the molecule is Cc1ccc(C(=O)N(Cc2ccc(-c3cccc(Cl)c3)o2)[C@H]2CCS(=O)(=O)C2)cc1. The van der Waals surface area contributed by atoms with E-state index < -0.39 is 9.84 Å². The highest BCUT2D eigenvalue weighted by Crippen LogP contribution is 2.27. The Labute approximate surface area is 181 Å². The minimum absolute atomic E-state index is 0.0214. The zero-order valence-electron chi connectivity index (χ0n) is 16.5. The van der Waals surface area contributed by atoms with E-state index in [1.54, 1.807) is 23.1 Å². The Balaban J connectivity index is 1.62. The average Bonchev–Trinajstić information content (AvgIpc) is 3.32. The monoisotopic (exact) mass is 443 g/mol. The lowest BCUT2D eigenvalue weighted by Crippen LogP contribution is -2.40. The van der Waals surface area contributed by atoms with Gasteiger partial charge in [0.15, 0.2) is 9.84 Å². The Morgan fingerprint density at radius 1 is 1.13 bits per heavy atom. The minimum atomic E-state index is -3.14. The largest absolute Gasteiger partial charge is 0.459 e. The second-order valence-electron chi connectivity index (χ2n) is 7.63. The topological polar surface area (TPSA) is 67.6 Å². The van der Waals surface area contributed by atoms with Crippen molar-refractivity contribution in [3.63, 3.8) is 0 Å². The van der Waals surface area contributed by atoms with Crippen LogP contribution in [0.1, 0.15) is 28.1 Å². The van der Waals surface area contributed by atoms with Crippen LogP contribution >= 0.6 is 11.6 Å². The van der Waals surface area contributed by atoms with Crippen LogP contribution in [0.25, 0.3) is 11.3 Å². The first-order valence-electron chi connectivity index (χ1n) is 9.73. The molecule has 1 saturated heterocycles. The molecule has 0 unspecified atom stereocenters. The lowest BCUT2D eigenvalue weighted by Gasteiger charge is -2.27. The molecule has 0 aliphatic carbocycles. The van der Waals surface area contributed by atoms with Gasteiger partial charge in [-0.1, -0.05) is 41.4 Å². The second kappa shape index (κ2) is 8.28. The number of carbonyl (C=O) groups is 1. The predicted octanol–water partition coefficient (Wildman–Crippen LogP) is 4.74. The molecule has 30 heavy (non-hydrogen) atoms. The number of furan rings is 1. The van der Waals surface area contributed by atoms with E-state index in [9.17, 15) is 13.2 Å². The van der Waals surface area contributed by atoms with Gasteiger partial charge in [0.05, 0.1) is 18.1 Å². The fraction of sp³-hybridized carbons (Fsp3) is 0.261. The molecule has 1 fully saturated rings. The number of nitrogens with zero attached hydrogens (tertiary/aromatic N) is 1. The highest BCUT2D eigenvalue weighted by atomic mass is 35.5. The van der Waals surface area contributed by atoms with Gasteiger partial charge in [-0.2, -0.15) is 0 Å². The van der Waals surface area contributed by atoms with Crippen molar-refractivity contribution in [3.8, 4) is 11.3 Å². The van der Waals surface area contributed by atoms with Crippen molar-refractivity contribution in [3.05, 3.63) is 82.6 Å². The smallest absolute Gasteiger partial charge is 0.254 e. The van der Waals surface area contributed by atoms with Crippen molar-refractivity contribution < 1.29 is 17.6 Å². The Hall–Kier alpha value is -2.57. The summed E-state index contributed by atoms with van der Waals surface area (Å²) in [4.78, 5) is 14.9. The van der Waals surface area contributed by atoms with Crippen molar-refractivity contribution in [2.75, 3.05) is 11.5 Å². The molecule has 0 N–H and O–H groups in total. The van der Waals surface area contributed by atoms with Crippen LogP contribution in [0.5, 0.6) is 0 Å². The van der Waals surface area contributed by atoms with Gasteiger partial charge in [-0.3, -0.25) is 4.79 Å². The molecular weight excluding hydrogens is 422 g/mol. The van der Waals surface area contributed by atoms with Crippen molar-refractivity contribution in [2.24, 2.45) is 0 Å². The van der Waals surface area contributed by atoms with Gasteiger partial charge in [0.2, 0.25) is 0 Å². The van der Waals surface area contributed by atoms with E-state index in [4.69, 9.17) is 16.0 Å². The third-order valence-corrected chi connectivity index (χ3v) is 7.29. The van der Waals surface area contributed by atoms with Crippen molar-refractivity contribution in [1.82, 2.24) is 4.90 Å². The summed E-state index contributed by atoms with van der Waals surface area (Å²) in [7, 11) is -3.14. The molecule has 156 valence electrons. The normalized spacial score (nSPS) is 17.7. The molecule has 0 bridgehead atoms. The molecule has 0 radical (unpaired) electrons. The lowest BCUT2D eigenvalue weighted by atomic mass is 10.1. The molecule has 4 rings (SSSR count). The Bertz CT molecular complexity index is 1170. The van der Waals surface area contributed by atoms with E-state index >= 15 is 0 Å². The number of sulfone groups is 1. The van der Waals surface area contributed by atoms with Crippen LogP contribution in [-0.4, -0.2) is 36.8 Å². The summed E-state index contributed by atoms with van der Waals surface area (Å²) in [6.07, 6.45) is 0.432. The summed E-state index contributed by atoms with van der Waals surface area (Å²) < 4.78 is 30.1. The van der Waals surface area contributed by atoms with Gasteiger partial charge in [0.25, 0.3) is 5.91 Å². The third-order valence-electron chi connectivity index (χ3n) is 5.31. The fourth-order valence-electron chi connectivity index (χ4n) is 3.68. The maximum absolute atomic E-state index is 13.3. The van der Waals surface area contributed by atoms with Crippen LogP contribution in [0.15, 0.2) is 65.1 Å². The van der Waals surface area contributed by atoms with Gasteiger partial charge in [-0.25, -0.2) is 8.42 Å². The number of hydrogen-bond donors (Lipinski definition) is 0. The molecule has 1 aromatic heterocycles. The van der Waals surface area contributed by atoms with E-state index in [1.807, 2.05) is 49.4 Å². The number of rotatable bonds is 5. The van der Waals surface area contributed by atoms with Gasteiger partial charge in [-0.05, 0) is 49.7 Å². The molecular formula is C23H22ClNO4S. The maximum atomic E-state index is 13.3. The first-order valence-corrected chi connectivity index (χ1v) is 11.9. The summed E-state index contributed by atoms with van der Waals surface area (Å²) in [6.45, 7) is 2.16. The van der Waals surface area contributed by atoms with Crippen molar-refractivity contribution in [1.29, 1.82) is 0 Å². The second-order valence-corrected chi connectivity index (χ2v) is 10.3. The van der Waals surface area contributed by atoms with Crippen LogP contribution in [-0.2, 0) is 16.4 Å². The molecule has 1 amide bonds. The van der Waals surface area contributed by atoms with Crippen molar-refractivity contribution in [2.45, 2.75) is 25.9 Å². The molecule has 5 nitrogen and oxygen atoms in total. The number of carbonyl (C=O) groups excluding carboxylic acids is 1. The minimum Gasteiger partial charge on any atom is -0.459 e. The summed E-state index contributed by atoms with van der Waals surface area (Å²) in [5.74, 6) is 1.12. The van der Waals surface area contributed by atoms with E-state index in [0.29, 0.717) is 28.5 Å². The van der Waals surface area contributed by atoms with Gasteiger partial charge in [-0.15, -0.1) is 0 Å². The maximum Gasteiger partial charge on any atom is 0.254 e. The van der Waals surface area contributed by atoms with Gasteiger partial charge in [0.1, 0.15) is 11.5 Å². The Kier molecular flexibility index (Phi) is 5.71. The average molecular weight is 444 g/mol. The summed E-state index contributed by atoms with van der Waals surface area (Å²) in [6, 6.07) is 17.9. The van der Waals surface area contributed by atoms with Gasteiger partial charge < -0.3 is 9.32 Å². The molecule has 3 aromatic rings. The fourth-order valence-corrected chi connectivity index (χ4v) is 5.60. The van der Waals surface area contributed by atoms with Crippen LogP contribution in [0, 0.1) is 6.92 Å². The van der Waals surface area contributed by atoms with Crippen molar-refractivity contribution >= 4 is 27.3 Å². The molecule has 1 atom stereocenters. The molecule has 0 saturated carbocycles. The Morgan fingerprint density at radius 2 is 1.90 bits per heavy atom. The lowest BCUT2D eigenvalue weighted by molar-refractivity contribution is 0.0666. The quantitative estimate of drug-likeness (QED) is 0.571. The first-order chi connectivity index (χ1) is 14.3. The van der Waals surface area contributed by atoms with E-state index in [2.05, 4.69) is 0 Å². The van der Waals surface area contributed by atoms with Crippen LogP contribution < -0.4 is 0 Å². The summed E-state index contributed by atoms with van der Waals surface area (Å²) >= 11 is 6.07. The summed E-state index contributed by atoms with van der Waals surface area (Å²) in [5, 5.41) is 0.609.